The molecule has 8 heteroatoms. The van der Waals surface area contributed by atoms with Gasteiger partial charge < -0.3 is 10.6 Å². The summed E-state index contributed by atoms with van der Waals surface area (Å²) in [4.78, 5) is 12.8. The van der Waals surface area contributed by atoms with Gasteiger partial charge in [-0.15, -0.1) is 12.4 Å². The Morgan fingerprint density at radius 1 is 1.25 bits per heavy atom. The molecular weight excluding hydrogens is 338 g/mol. The van der Waals surface area contributed by atoms with Crippen LogP contribution < -0.4 is 10.6 Å². The first-order valence-electron chi connectivity index (χ1n) is 7.54. The Morgan fingerprint density at radius 2 is 1.92 bits per heavy atom. The molecule has 1 amide bonds. The van der Waals surface area contributed by atoms with Gasteiger partial charge in [0.1, 0.15) is 17.2 Å². The van der Waals surface area contributed by atoms with Crippen molar-refractivity contribution >= 4 is 18.3 Å². The average molecular weight is 357 g/mol. The summed E-state index contributed by atoms with van der Waals surface area (Å²) in [5.41, 5.74) is -0.374. The molecule has 2 heterocycles. The van der Waals surface area contributed by atoms with E-state index in [9.17, 15) is 13.6 Å². The maximum absolute atomic E-state index is 13.2. The maximum atomic E-state index is 13.2. The van der Waals surface area contributed by atoms with E-state index in [0.717, 1.165) is 6.07 Å². The lowest BCUT2D eigenvalue weighted by Gasteiger charge is -2.36. The van der Waals surface area contributed by atoms with Crippen molar-refractivity contribution in [2.45, 2.75) is 24.9 Å². The maximum Gasteiger partial charge on any atom is 0.248 e. The average Bonchev–Trinajstić information content (AvgIpc) is 3.07. The normalized spacial score (nSPS) is 16.2. The number of carbonyl (C=O) groups excluding carboxylic acids is 1. The quantitative estimate of drug-likeness (QED) is 0.880. The lowest BCUT2D eigenvalue weighted by atomic mass is 9.87. The highest BCUT2D eigenvalue weighted by molar-refractivity contribution is 5.85. The fourth-order valence-corrected chi connectivity index (χ4v) is 2.98. The molecule has 2 N–H and O–H groups in total. The van der Waals surface area contributed by atoms with Gasteiger partial charge >= 0.3 is 0 Å². The highest BCUT2D eigenvalue weighted by atomic mass is 35.5. The summed E-state index contributed by atoms with van der Waals surface area (Å²) in [5.74, 6) is -1.50. The predicted octanol–water partition coefficient (Wildman–Crippen LogP) is 1.98. The van der Waals surface area contributed by atoms with Gasteiger partial charge in [-0.25, -0.2) is 8.78 Å². The molecular formula is C16H19ClF2N4O. The van der Waals surface area contributed by atoms with Crippen LogP contribution in [0, 0.1) is 11.6 Å². The van der Waals surface area contributed by atoms with E-state index in [0.29, 0.717) is 31.5 Å². The minimum absolute atomic E-state index is 0. The number of piperidine rings is 1. The molecule has 0 atom stereocenters. The molecule has 0 bridgehead atoms. The van der Waals surface area contributed by atoms with Gasteiger partial charge in [-0.1, -0.05) is 0 Å². The smallest absolute Gasteiger partial charge is 0.248 e. The van der Waals surface area contributed by atoms with Crippen LogP contribution in [-0.2, 0) is 16.9 Å². The molecule has 130 valence electrons. The summed E-state index contributed by atoms with van der Waals surface area (Å²) in [7, 11) is 0. The molecule has 0 spiro atoms. The fourth-order valence-electron chi connectivity index (χ4n) is 2.98. The second-order valence-corrected chi connectivity index (χ2v) is 5.69. The van der Waals surface area contributed by atoms with Crippen molar-refractivity contribution < 1.29 is 13.6 Å². The van der Waals surface area contributed by atoms with Gasteiger partial charge in [0.2, 0.25) is 5.91 Å². The van der Waals surface area contributed by atoms with E-state index in [1.807, 2.05) is 0 Å². The number of nitrogens with zero attached hydrogens (tertiary/aromatic N) is 2. The minimum Gasteiger partial charge on any atom is -0.350 e. The molecule has 1 aliphatic rings. The number of aromatic nitrogens is 2. The third-order valence-corrected chi connectivity index (χ3v) is 4.17. The Bertz CT molecular complexity index is 667. The number of halogens is 3. The number of rotatable bonds is 4. The lowest BCUT2D eigenvalue weighted by molar-refractivity contribution is -0.132. The van der Waals surface area contributed by atoms with Crippen LogP contribution in [0.15, 0.2) is 36.7 Å². The second kappa shape index (κ2) is 7.72. The Hall–Kier alpha value is -1.99. The zero-order valence-corrected chi connectivity index (χ0v) is 13.8. The summed E-state index contributed by atoms with van der Waals surface area (Å²) >= 11 is 0. The molecule has 5 nitrogen and oxygen atoms in total. The van der Waals surface area contributed by atoms with E-state index in [-0.39, 0.29) is 24.9 Å². The van der Waals surface area contributed by atoms with Crippen LogP contribution in [0.5, 0.6) is 0 Å². The molecule has 1 aromatic heterocycles. The standard InChI is InChI=1S/C16H18F2N4O.ClH/c17-13-8-12(9-14(18)10-13)11-20-15(23)16(2-5-19-6-3-16)22-7-1-4-21-22;/h1,4,7-10,19H,2-3,5-6,11H2,(H,20,23);1H. The number of amides is 1. The highest BCUT2D eigenvalue weighted by Crippen LogP contribution is 2.27. The monoisotopic (exact) mass is 356 g/mol. The van der Waals surface area contributed by atoms with Crippen molar-refractivity contribution in [3.8, 4) is 0 Å². The first-order chi connectivity index (χ1) is 11.1. The van der Waals surface area contributed by atoms with E-state index in [1.54, 1.807) is 23.1 Å². The van der Waals surface area contributed by atoms with Crippen LogP contribution in [0.4, 0.5) is 8.78 Å². The van der Waals surface area contributed by atoms with Crippen LogP contribution >= 0.6 is 12.4 Å². The topological polar surface area (TPSA) is 59.0 Å². The number of benzene rings is 1. The van der Waals surface area contributed by atoms with Gasteiger partial charge in [-0.05, 0) is 49.7 Å². The van der Waals surface area contributed by atoms with Crippen molar-refractivity contribution in [3.05, 3.63) is 53.9 Å². The zero-order valence-electron chi connectivity index (χ0n) is 13.0. The van der Waals surface area contributed by atoms with Crippen LogP contribution in [0.2, 0.25) is 0 Å². The Labute approximate surface area is 144 Å². The number of hydrogen-bond acceptors (Lipinski definition) is 3. The van der Waals surface area contributed by atoms with Crippen LogP contribution in [0.1, 0.15) is 18.4 Å². The molecule has 0 aliphatic carbocycles. The summed E-state index contributed by atoms with van der Waals surface area (Å²) in [6.07, 6.45) is 4.63. The van der Waals surface area contributed by atoms with E-state index in [4.69, 9.17) is 0 Å². The van der Waals surface area contributed by atoms with Gasteiger partial charge in [0.05, 0.1) is 0 Å². The highest BCUT2D eigenvalue weighted by Gasteiger charge is 2.41. The van der Waals surface area contributed by atoms with Gasteiger partial charge in [0.15, 0.2) is 0 Å². The number of carbonyl (C=O) groups is 1. The summed E-state index contributed by atoms with van der Waals surface area (Å²) in [5, 5.41) is 10.2. The number of nitrogens with one attached hydrogen (secondary N) is 2. The lowest BCUT2D eigenvalue weighted by Crippen LogP contribution is -2.54. The Morgan fingerprint density at radius 3 is 2.50 bits per heavy atom. The van der Waals surface area contributed by atoms with Crippen molar-refractivity contribution in [3.63, 3.8) is 0 Å². The third kappa shape index (κ3) is 3.73. The SMILES string of the molecule is Cl.O=C(NCc1cc(F)cc(F)c1)C1(n2cccn2)CCNCC1. The Balaban J connectivity index is 0.00000208. The van der Waals surface area contributed by atoms with Crippen molar-refractivity contribution in [1.29, 1.82) is 0 Å². The summed E-state index contributed by atoms with van der Waals surface area (Å²) in [6, 6.07) is 5.01. The van der Waals surface area contributed by atoms with E-state index in [1.165, 1.54) is 12.1 Å². The Kier molecular flexibility index (Phi) is 5.90. The molecule has 2 aromatic rings. The molecule has 1 aliphatic heterocycles. The van der Waals surface area contributed by atoms with Gasteiger partial charge in [-0.2, -0.15) is 5.10 Å². The number of hydrogen-bond donors (Lipinski definition) is 2. The van der Waals surface area contributed by atoms with Crippen molar-refractivity contribution in [1.82, 2.24) is 20.4 Å². The molecule has 24 heavy (non-hydrogen) atoms. The van der Waals surface area contributed by atoms with Crippen molar-refractivity contribution in [2.24, 2.45) is 0 Å². The third-order valence-electron chi connectivity index (χ3n) is 4.17. The predicted molar refractivity (Wildman–Crippen MR) is 87.8 cm³/mol. The van der Waals surface area contributed by atoms with Gasteiger partial charge in [-0.3, -0.25) is 9.48 Å². The molecule has 1 aromatic carbocycles. The van der Waals surface area contributed by atoms with Crippen LogP contribution in [-0.4, -0.2) is 28.8 Å². The molecule has 0 saturated carbocycles. The largest absolute Gasteiger partial charge is 0.350 e. The first kappa shape index (κ1) is 18.4. The molecule has 0 unspecified atom stereocenters. The van der Waals surface area contributed by atoms with Crippen molar-refractivity contribution in [2.75, 3.05) is 13.1 Å². The minimum atomic E-state index is -0.763. The summed E-state index contributed by atoms with van der Waals surface area (Å²) < 4.78 is 28.1. The van der Waals surface area contributed by atoms with E-state index in [2.05, 4.69) is 15.7 Å². The first-order valence-corrected chi connectivity index (χ1v) is 7.54. The zero-order chi connectivity index (χ0) is 16.3. The van der Waals surface area contributed by atoms with E-state index >= 15 is 0 Å². The molecule has 0 radical (unpaired) electrons. The fraction of sp³-hybridized carbons (Fsp3) is 0.375. The van der Waals surface area contributed by atoms with Crippen LogP contribution in [0.3, 0.4) is 0 Å². The van der Waals surface area contributed by atoms with Crippen LogP contribution in [0.25, 0.3) is 0 Å². The second-order valence-electron chi connectivity index (χ2n) is 5.69. The summed E-state index contributed by atoms with van der Waals surface area (Å²) in [6.45, 7) is 1.49. The van der Waals surface area contributed by atoms with Gasteiger partial charge in [0, 0.05) is 25.0 Å². The van der Waals surface area contributed by atoms with Gasteiger partial charge in [0.25, 0.3) is 0 Å². The van der Waals surface area contributed by atoms with E-state index < -0.39 is 17.2 Å². The molecule has 3 rings (SSSR count). The molecule has 1 fully saturated rings. The molecule has 1 saturated heterocycles.